The highest BCUT2D eigenvalue weighted by Gasteiger charge is 2.27. The molecule has 1 aliphatic heterocycles. The Morgan fingerprint density at radius 1 is 1.50 bits per heavy atom. The molecule has 0 saturated carbocycles. The minimum Gasteiger partial charge on any atom is -0.502 e. The van der Waals surface area contributed by atoms with Crippen LogP contribution in [0.1, 0.15) is 24.4 Å². The van der Waals surface area contributed by atoms with Crippen LogP contribution in [0.25, 0.3) is 0 Å². The van der Waals surface area contributed by atoms with E-state index in [0.29, 0.717) is 12.6 Å². The second-order valence-corrected chi connectivity index (χ2v) is 5.96. The maximum Gasteiger partial charge on any atom is 0.311 e. The molecule has 2 rings (SSSR count). The van der Waals surface area contributed by atoms with E-state index in [9.17, 15) is 15.2 Å². The fourth-order valence-corrected chi connectivity index (χ4v) is 3.09. The van der Waals surface area contributed by atoms with Crippen molar-refractivity contribution in [2.75, 3.05) is 33.7 Å². The molecule has 7 nitrogen and oxygen atoms in total. The van der Waals surface area contributed by atoms with Crippen molar-refractivity contribution >= 4 is 5.69 Å². The van der Waals surface area contributed by atoms with E-state index in [0.717, 1.165) is 31.5 Å². The van der Waals surface area contributed by atoms with Crippen LogP contribution in [0.4, 0.5) is 5.69 Å². The Bertz CT molecular complexity index is 530. The Kier molecular flexibility index (Phi) is 5.33. The molecule has 0 aromatic heterocycles. The fraction of sp³-hybridized carbons (Fsp3) is 0.600. The number of piperidine rings is 1. The number of aromatic hydroxyl groups is 1. The van der Waals surface area contributed by atoms with E-state index in [1.165, 1.54) is 12.1 Å². The summed E-state index contributed by atoms with van der Waals surface area (Å²) in [5, 5.41) is 20.6. The number of nitro groups is 1. The molecule has 122 valence electrons. The minimum absolute atomic E-state index is 0.0901. The van der Waals surface area contributed by atoms with Gasteiger partial charge in [-0.3, -0.25) is 15.0 Å². The first kappa shape index (κ1) is 16.7. The van der Waals surface area contributed by atoms with E-state index < -0.39 is 4.92 Å². The third kappa shape index (κ3) is 3.55. The van der Waals surface area contributed by atoms with E-state index in [1.807, 2.05) is 7.05 Å². The van der Waals surface area contributed by atoms with Crippen LogP contribution in [0.15, 0.2) is 18.2 Å². The lowest BCUT2D eigenvalue weighted by Crippen LogP contribution is -2.45. The maximum absolute atomic E-state index is 11.0. The number of phenolic OH excluding ortho intramolecular Hbond substituents is 1. The van der Waals surface area contributed by atoms with E-state index in [1.54, 1.807) is 6.07 Å². The standard InChI is InChI=1S/C15H24N4O3/c1-17-7-5-12(6-8-17)18(2)14(10-16)11-3-4-15(20)13(9-11)19(21)22/h3-4,9,12,14,20H,5-8,10,16H2,1-2H3. The second kappa shape index (κ2) is 7.04. The molecule has 0 spiro atoms. The molecule has 0 bridgehead atoms. The van der Waals surface area contributed by atoms with Crippen LogP contribution in [0.5, 0.6) is 5.75 Å². The molecule has 0 aliphatic carbocycles. The van der Waals surface area contributed by atoms with Gasteiger partial charge in [-0.15, -0.1) is 0 Å². The van der Waals surface area contributed by atoms with Crippen LogP contribution in [0.2, 0.25) is 0 Å². The molecule has 0 amide bonds. The monoisotopic (exact) mass is 308 g/mol. The van der Waals surface area contributed by atoms with Crippen LogP contribution < -0.4 is 5.73 Å². The van der Waals surface area contributed by atoms with Crippen LogP contribution >= 0.6 is 0 Å². The van der Waals surface area contributed by atoms with Crippen molar-refractivity contribution in [2.45, 2.75) is 24.9 Å². The van der Waals surface area contributed by atoms with Gasteiger partial charge in [-0.05, 0) is 51.7 Å². The quantitative estimate of drug-likeness (QED) is 0.629. The van der Waals surface area contributed by atoms with Gasteiger partial charge >= 0.3 is 5.69 Å². The number of nitrogens with zero attached hydrogens (tertiary/aromatic N) is 3. The Balaban J connectivity index is 2.20. The predicted octanol–water partition coefficient (Wildman–Crippen LogP) is 1.33. The number of hydrogen-bond acceptors (Lipinski definition) is 6. The molecule has 1 unspecified atom stereocenters. The molecule has 7 heteroatoms. The molecule has 3 N–H and O–H groups in total. The summed E-state index contributed by atoms with van der Waals surface area (Å²) in [5.74, 6) is -0.313. The summed E-state index contributed by atoms with van der Waals surface area (Å²) in [6.07, 6.45) is 2.12. The average Bonchev–Trinajstić information content (AvgIpc) is 2.49. The Labute approximate surface area is 130 Å². The first-order valence-corrected chi connectivity index (χ1v) is 7.52. The number of benzene rings is 1. The predicted molar refractivity (Wildman–Crippen MR) is 84.8 cm³/mol. The highest BCUT2D eigenvalue weighted by Crippen LogP contribution is 2.32. The molecule has 1 aliphatic rings. The first-order valence-electron chi connectivity index (χ1n) is 7.52. The molecule has 1 fully saturated rings. The molecular weight excluding hydrogens is 284 g/mol. The van der Waals surface area contributed by atoms with Gasteiger partial charge in [-0.25, -0.2) is 0 Å². The van der Waals surface area contributed by atoms with Gasteiger partial charge in [-0.1, -0.05) is 6.07 Å². The van der Waals surface area contributed by atoms with Gasteiger partial charge in [0.1, 0.15) is 0 Å². The summed E-state index contributed by atoms with van der Waals surface area (Å²) >= 11 is 0. The number of likely N-dealkylation sites (N-methyl/N-ethyl adjacent to an activating group) is 1. The largest absolute Gasteiger partial charge is 0.502 e. The van der Waals surface area contributed by atoms with Crippen molar-refractivity contribution in [3.63, 3.8) is 0 Å². The first-order chi connectivity index (χ1) is 10.4. The number of likely N-dealkylation sites (tertiary alicyclic amines) is 1. The van der Waals surface area contributed by atoms with E-state index in [2.05, 4.69) is 16.8 Å². The Morgan fingerprint density at radius 3 is 2.68 bits per heavy atom. The summed E-state index contributed by atoms with van der Waals surface area (Å²) < 4.78 is 0. The number of phenols is 1. The van der Waals surface area contributed by atoms with E-state index >= 15 is 0 Å². The van der Waals surface area contributed by atoms with Crippen molar-refractivity contribution in [3.05, 3.63) is 33.9 Å². The van der Waals surface area contributed by atoms with Gasteiger partial charge in [0.15, 0.2) is 5.75 Å². The lowest BCUT2D eigenvalue weighted by Gasteiger charge is -2.39. The lowest BCUT2D eigenvalue weighted by atomic mass is 9.98. The second-order valence-electron chi connectivity index (χ2n) is 5.96. The van der Waals surface area contributed by atoms with Crippen LogP contribution in [0.3, 0.4) is 0 Å². The third-order valence-corrected chi connectivity index (χ3v) is 4.56. The zero-order valence-corrected chi connectivity index (χ0v) is 13.1. The number of nitro benzene ring substituents is 1. The number of hydrogen-bond donors (Lipinski definition) is 2. The van der Waals surface area contributed by atoms with Gasteiger partial charge < -0.3 is 15.7 Å². The van der Waals surface area contributed by atoms with Gasteiger partial charge in [0, 0.05) is 24.7 Å². The Hall–Kier alpha value is -1.70. The normalized spacial score (nSPS) is 18.5. The van der Waals surface area contributed by atoms with Gasteiger partial charge in [-0.2, -0.15) is 0 Å². The molecule has 1 aromatic carbocycles. The summed E-state index contributed by atoms with van der Waals surface area (Å²) in [5.41, 5.74) is 6.42. The van der Waals surface area contributed by atoms with Crippen molar-refractivity contribution in [1.82, 2.24) is 9.80 Å². The minimum atomic E-state index is -0.567. The van der Waals surface area contributed by atoms with Crippen LogP contribution in [-0.2, 0) is 0 Å². The Morgan fingerprint density at radius 2 is 2.14 bits per heavy atom. The zero-order chi connectivity index (χ0) is 16.3. The SMILES string of the molecule is CN1CCC(N(C)C(CN)c2ccc(O)c([N+](=O)[O-])c2)CC1. The highest BCUT2D eigenvalue weighted by molar-refractivity contribution is 5.48. The maximum atomic E-state index is 11.0. The summed E-state index contributed by atoms with van der Waals surface area (Å²) in [6, 6.07) is 4.84. The molecule has 0 radical (unpaired) electrons. The van der Waals surface area contributed by atoms with E-state index in [-0.39, 0.29) is 17.5 Å². The smallest absolute Gasteiger partial charge is 0.311 e. The van der Waals surface area contributed by atoms with Gasteiger partial charge in [0.25, 0.3) is 0 Å². The highest BCUT2D eigenvalue weighted by atomic mass is 16.6. The lowest BCUT2D eigenvalue weighted by molar-refractivity contribution is -0.386. The molecule has 1 atom stereocenters. The van der Waals surface area contributed by atoms with Crippen LogP contribution in [0, 0.1) is 10.1 Å². The summed E-state index contributed by atoms with van der Waals surface area (Å²) in [6.45, 7) is 2.47. The van der Waals surface area contributed by atoms with Gasteiger partial charge in [0.2, 0.25) is 0 Å². The topological polar surface area (TPSA) is 95.9 Å². The molecule has 1 heterocycles. The van der Waals surface area contributed by atoms with Crippen molar-refractivity contribution in [2.24, 2.45) is 5.73 Å². The third-order valence-electron chi connectivity index (χ3n) is 4.56. The summed E-state index contributed by atoms with van der Waals surface area (Å²) in [4.78, 5) is 14.9. The average molecular weight is 308 g/mol. The number of nitrogens with two attached hydrogens (primary N) is 1. The fourth-order valence-electron chi connectivity index (χ4n) is 3.09. The van der Waals surface area contributed by atoms with Crippen molar-refractivity contribution < 1.29 is 10.0 Å². The molecule has 1 aromatic rings. The molecular formula is C15H24N4O3. The molecule has 22 heavy (non-hydrogen) atoms. The van der Waals surface area contributed by atoms with Crippen LogP contribution in [-0.4, -0.2) is 59.6 Å². The number of rotatable bonds is 5. The zero-order valence-electron chi connectivity index (χ0n) is 13.1. The van der Waals surface area contributed by atoms with Crippen molar-refractivity contribution in [1.29, 1.82) is 0 Å². The van der Waals surface area contributed by atoms with Crippen molar-refractivity contribution in [3.8, 4) is 5.75 Å². The van der Waals surface area contributed by atoms with E-state index in [4.69, 9.17) is 5.73 Å². The van der Waals surface area contributed by atoms with Gasteiger partial charge in [0.05, 0.1) is 4.92 Å². The molecule has 1 saturated heterocycles. The summed E-state index contributed by atoms with van der Waals surface area (Å²) in [7, 11) is 4.13.